The van der Waals surface area contributed by atoms with Crippen LogP contribution in [0.1, 0.15) is 42.2 Å². The fourth-order valence-corrected chi connectivity index (χ4v) is 4.37. The molecule has 1 amide bonds. The van der Waals surface area contributed by atoms with Crippen LogP contribution in [-0.2, 0) is 13.0 Å². The van der Waals surface area contributed by atoms with Gasteiger partial charge in [0, 0.05) is 25.1 Å². The third kappa shape index (κ3) is 5.42. The Hall–Kier alpha value is -2.03. The first-order valence-electron chi connectivity index (χ1n) is 9.98. The molecule has 0 unspecified atom stereocenters. The second kappa shape index (κ2) is 10.5. The average Bonchev–Trinajstić information content (AvgIpc) is 3.28. The number of hydrogen-bond donors (Lipinski definition) is 1. The summed E-state index contributed by atoms with van der Waals surface area (Å²) in [4.78, 5) is 12.9. The quantitative estimate of drug-likeness (QED) is 0.330. The summed E-state index contributed by atoms with van der Waals surface area (Å²) in [5.74, 6) is 1.55. The number of benzene rings is 1. The first kappa shape index (κ1) is 23.6. The van der Waals surface area contributed by atoms with Gasteiger partial charge in [-0.15, -0.1) is 10.2 Å². The summed E-state index contributed by atoms with van der Waals surface area (Å²) in [5.41, 5.74) is 1.16. The Morgan fingerprint density at radius 2 is 1.97 bits per heavy atom. The molecule has 0 spiro atoms. The van der Waals surface area contributed by atoms with Gasteiger partial charge in [-0.25, -0.2) is 0 Å². The summed E-state index contributed by atoms with van der Waals surface area (Å²) in [6, 6.07) is 5.14. The van der Waals surface area contributed by atoms with Gasteiger partial charge in [-0.05, 0) is 37.7 Å². The Morgan fingerprint density at radius 1 is 1.26 bits per heavy atom. The molecule has 0 saturated heterocycles. The summed E-state index contributed by atoms with van der Waals surface area (Å²) in [7, 11) is 0. The molecule has 1 aromatic carbocycles. The first-order chi connectivity index (χ1) is 14.8. The first-order valence-corrected chi connectivity index (χ1v) is 12.0. The van der Waals surface area contributed by atoms with E-state index in [0.29, 0.717) is 51.5 Å². The molecule has 0 aliphatic carbocycles. The number of halogens is 2. The monoisotopic (exact) mass is 481 g/mol. The molecule has 0 bridgehead atoms. The molecule has 2 aromatic heterocycles. The van der Waals surface area contributed by atoms with Crippen LogP contribution >= 0.6 is 35.0 Å². The number of aryl methyl sites for hydroxylation is 2. The van der Waals surface area contributed by atoms with Gasteiger partial charge in [-0.3, -0.25) is 4.79 Å². The normalized spacial score (nSPS) is 11.3. The summed E-state index contributed by atoms with van der Waals surface area (Å²) < 4.78 is 7.42. The van der Waals surface area contributed by atoms with Gasteiger partial charge in [0.1, 0.15) is 22.8 Å². The van der Waals surface area contributed by atoms with Gasteiger partial charge in [0.2, 0.25) is 0 Å². The summed E-state index contributed by atoms with van der Waals surface area (Å²) in [6.07, 6.45) is 3.43. The highest BCUT2D eigenvalue weighted by Gasteiger charge is 2.24. The highest BCUT2D eigenvalue weighted by atomic mass is 35.5. The van der Waals surface area contributed by atoms with Crippen LogP contribution in [0.5, 0.6) is 0 Å². The fraction of sp³-hybridized carbons (Fsp3) is 0.429. The van der Waals surface area contributed by atoms with Gasteiger partial charge >= 0.3 is 0 Å². The Bertz CT molecular complexity index is 1040. The zero-order chi connectivity index (χ0) is 22.5. The molecule has 0 radical (unpaired) electrons. The summed E-state index contributed by atoms with van der Waals surface area (Å²) in [5, 5.41) is 17.3. The van der Waals surface area contributed by atoms with Gasteiger partial charge in [0.05, 0.1) is 10.0 Å². The van der Waals surface area contributed by atoms with Crippen molar-refractivity contribution in [2.45, 2.75) is 45.3 Å². The van der Waals surface area contributed by atoms with E-state index in [0.717, 1.165) is 23.9 Å². The van der Waals surface area contributed by atoms with Crippen molar-refractivity contribution in [2.24, 2.45) is 5.92 Å². The second-order valence-corrected chi connectivity index (χ2v) is 9.11. The van der Waals surface area contributed by atoms with Crippen LogP contribution in [0.2, 0.25) is 10.0 Å². The van der Waals surface area contributed by atoms with E-state index in [1.54, 1.807) is 36.9 Å². The van der Waals surface area contributed by atoms with E-state index in [1.165, 1.54) is 0 Å². The zero-order valence-electron chi connectivity index (χ0n) is 17.9. The molecule has 10 heteroatoms. The topological polar surface area (TPSA) is 85.8 Å². The smallest absolute Gasteiger partial charge is 0.257 e. The Balaban J connectivity index is 1.67. The number of aromatic nitrogens is 4. The van der Waals surface area contributed by atoms with Crippen molar-refractivity contribution in [1.82, 2.24) is 25.2 Å². The number of nitrogens with zero attached hydrogens (tertiary/aromatic N) is 4. The Morgan fingerprint density at radius 3 is 2.61 bits per heavy atom. The number of thioether (sulfide) groups is 1. The number of carbonyl (C=O) groups excluding carboxylic acids is 1. The molecule has 7 nitrogen and oxygen atoms in total. The minimum atomic E-state index is -0.279. The predicted molar refractivity (Wildman–Crippen MR) is 124 cm³/mol. The molecule has 0 aliphatic heterocycles. The molecule has 0 fully saturated rings. The Labute approximate surface area is 195 Å². The SMILES string of the molecule is CSc1nnc(CCCNC(=O)c2c(-c3c(Cl)cccc3Cl)noc2C)n1CC(C)C. The number of amides is 1. The van der Waals surface area contributed by atoms with Gasteiger partial charge < -0.3 is 14.4 Å². The van der Waals surface area contributed by atoms with Crippen molar-refractivity contribution in [1.29, 1.82) is 0 Å². The third-order valence-electron chi connectivity index (χ3n) is 4.68. The van der Waals surface area contributed by atoms with E-state index >= 15 is 0 Å². The van der Waals surface area contributed by atoms with E-state index in [2.05, 4.69) is 39.1 Å². The largest absolute Gasteiger partial charge is 0.360 e. The lowest BCUT2D eigenvalue weighted by atomic mass is 10.1. The number of nitrogens with one attached hydrogen (secondary N) is 1. The van der Waals surface area contributed by atoms with E-state index in [-0.39, 0.29) is 5.91 Å². The van der Waals surface area contributed by atoms with Gasteiger partial charge in [0.25, 0.3) is 5.91 Å². The highest BCUT2D eigenvalue weighted by Crippen LogP contribution is 2.36. The van der Waals surface area contributed by atoms with E-state index < -0.39 is 0 Å². The van der Waals surface area contributed by atoms with Crippen molar-refractivity contribution in [2.75, 3.05) is 12.8 Å². The molecule has 0 aliphatic rings. The average molecular weight is 482 g/mol. The van der Waals surface area contributed by atoms with Crippen LogP contribution in [-0.4, -0.2) is 38.6 Å². The summed E-state index contributed by atoms with van der Waals surface area (Å²) >= 11 is 14.2. The fourth-order valence-electron chi connectivity index (χ4n) is 3.27. The van der Waals surface area contributed by atoms with Crippen LogP contribution < -0.4 is 5.32 Å². The molecular formula is C21H25Cl2N5O2S. The van der Waals surface area contributed by atoms with Gasteiger partial charge in [-0.2, -0.15) is 0 Å². The summed E-state index contributed by atoms with van der Waals surface area (Å²) in [6.45, 7) is 7.36. The van der Waals surface area contributed by atoms with Crippen LogP contribution in [0.15, 0.2) is 27.9 Å². The van der Waals surface area contributed by atoms with Crippen LogP contribution in [0, 0.1) is 12.8 Å². The van der Waals surface area contributed by atoms with Crippen LogP contribution in [0.3, 0.4) is 0 Å². The Kier molecular flexibility index (Phi) is 8.02. The van der Waals surface area contributed by atoms with Gasteiger partial charge in [-0.1, -0.05) is 60.0 Å². The van der Waals surface area contributed by atoms with Crippen molar-refractivity contribution in [3.8, 4) is 11.3 Å². The predicted octanol–water partition coefficient (Wildman–Crippen LogP) is 5.29. The minimum Gasteiger partial charge on any atom is -0.360 e. The third-order valence-corrected chi connectivity index (χ3v) is 5.97. The lowest BCUT2D eigenvalue weighted by molar-refractivity contribution is 0.0952. The molecule has 0 atom stereocenters. The number of carbonyl (C=O) groups is 1. The number of rotatable bonds is 9. The van der Waals surface area contributed by atoms with Crippen molar-refractivity contribution in [3.05, 3.63) is 45.4 Å². The molecule has 166 valence electrons. The minimum absolute atomic E-state index is 0.279. The van der Waals surface area contributed by atoms with Crippen LogP contribution in [0.4, 0.5) is 0 Å². The molecule has 1 N–H and O–H groups in total. The molecular weight excluding hydrogens is 457 g/mol. The van der Waals surface area contributed by atoms with Crippen molar-refractivity contribution >= 4 is 40.9 Å². The maximum Gasteiger partial charge on any atom is 0.257 e. The van der Waals surface area contributed by atoms with E-state index in [9.17, 15) is 4.79 Å². The number of hydrogen-bond acceptors (Lipinski definition) is 6. The van der Waals surface area contributed by atoms with Gasteiger partial charge in [0.15, 0.2) is 5.16 Å². The standard InChI is InChI=1S/C21H25Cl2N5O2S/c1-12(2)11-28-16(25-26-21(28)31-4)9-6-10-24-20(29)17-13(3)30-27-19(17)18-14(22)7-5-8-15(18)23/h5,7-8,12H,6,9-11H2,1-4H3,(H,24,29). The molecule has 3 rings (SSSR count). The van der Waals surface area contributed by atoms with E-state index in [4.69, 9.17) is 27.7 Å². The van der Waals surface area contributed by atoms with Crippen LogP contribution in [0.25, 0.3) is 11.3 Å². The molecule has 0 saturated carbocycles. The lowest BCUT2D eigenvalue weighted by Crippen LogP contribution is -2.26. The van der Waals surface area contributed by atoms with E-state index in [1.807, 2.05) is 6.26 Å². The molecule has 2 heterocycles. The second-order valence-electron chi connectivity index (χ2n) is 7.53. The molecule has 31 heavy (non-hydrogen) atoms. The highest BCUT2D eigenvalue weighted by molar-refractivity contribution is 7.98. The maximum absolute atomic E-state index is 12.9. The van der Waals surface area contributed by atoms with Crippen molar-refractivity contribution in [3.63, 3.8) is 0 Å². The zero-order valence-corrected chi connectivity index (χ0v) is 20.2. The van der Waals surface area contributed by atoms with Crippen molar-refractivity contribution < 1.29 is 9.32 Å². The maximum atomic E-state index is 12.9. The lowest BCUT2D eigenvalue weighted by Gasteiger charge is -2.12. The molecule has 3 aromatic rings.